The summed E-state index contributed by atoms with van der Waals surface area (Å²) < 4.78 is 0. The first-order chi connectivity index (χ1) is 7.43. The van der Waals surface area contributed by atoms with Crippen LogP contribution in [0.4, 0.5) is 0 Å². The van der Waals surface area contributed by atoms with Crippen molar-refractivity contribution in [3.8, 4) is 0 Å². The molecule has 3 aliphatic rings. The summed E-state index contributed by atoms with van der Waals surface area (Å²) >= 11 is 2.10. The van der Waals surface area contributed by atoms with Gasteiger partial charge in [-0.3, -0.25) is 10.2 Å². The van der Waals surface area contributed by atoms with Crippen LogP contribution in [0.1, 0.15) is 12.8 Å². The van der Waals surface area contributed by atoms with Crippen LogP contribution in [0.15, 0.2) is 12.2 Å². The predicted molar refractivity (Wildman–Crippen MR) is 64.9 cm³/mol. The predicted octanol–water partition coefficient (Wildman–Crippen LogP) is 0.599. The largest absolute Gasteiger partial charge is 0.314 e. The van der Waals surface area contributed by atoms with Crippen molar-refractivity contribution >= 4 is 11.8 Å². The molecule has 2 saturated heterocycles. The van der Waals surface area contributed by atoms with Gasteiger partial charge in [-0.25, -0.2) is 0 Å². The molecule has 0 spiro atoms. The molecular weight excluding hydrogens is 206 g/mol. The number of rotatable bonds is 1. The smallest absolute Gasteiger partial charge is 0.109 e. The summed E-state index contributed by atoms with van der Waals surface area (Å²) in [5.74, 6) is 0. The second kappa shape index (κ2) is 4.45. The van der Waals surface area contributed by atoms with E-state index in [2.05, 4.69) is 39.4 Å². The molecular formula is C11H19N3S. The van der Waals surface area contributed by atoms with Crippen LogP contribution in [-0.4, -0.2) is 47.9 Å². The molecule has 2 fully saturated rings. The third-order valence-electron chi connectivity index (χ3n) is 3.49. The lowest BCUT2D eigenvalue weighted by atomic mass is 10.0. The van der Waals surface area contributed by atoms with E-state index in [0.29, 0.717) is 5.50 Å². The van der Waals surface area contributed by atoms with E-state index in [1.807, 2.05) is 0 Å². The molecule has 2 heterocycles. The summed E-state index contributed by atoms with van der Waals surface area (Å²) in [6.07, 6.45) is 7.31. The lowest BCUT2D eigenvalue weighted by Crippen LogP contribution is -2.51. The molecule has 1 aliphatic carbocycles. The average molecular weight is 225 g/mol. The molecule has 0 aromatic carbocycles. The van der Waals surface area contributed by atoms with Crippen molar-refractivity contribution in [1.29, 1.82) is 0 Å². The van der Waals surface area contributed by atoms with Crippen molar-refractivity contribution < 1.29 is 0 Å². The molecule has 3 unspecified atom stereocenters. The van der Waals surface area contributed by atoms with Crippen LogP contribution in [-0.2, 0) is 0 Å². The van der Waals surface area contributed by atoms with Gasteiger partial charge in [0.1, 0.15) is 5.50 Å². The van der Waals surface area contributed by atoms with Crippen LogP contribution < -0.4 is 10.6 Å². The molecule has 3 nitrogen and oxygen atoms in total. The maximum Gasteiger partial charge on any atom is 0.109 e. The Morgan fingerprint density at radius 2 is 2.13 bits per heavy atom. The number of hydrogen-bond acceptors (Lipinski definition) is 4. The van der Waals surface area contributed by atoms with Crippen LogP contribution in [0.25, 0.3) is 0 Å². The maximum atomic E-state index is 3.77. The number of piperazine rings is 1. The molecule has 3 atom stereocenters. The molecule has 3 rings (SSSR count). The first-order valence-electron chi connectivity index (χ1n) is 5.96. The summed E-state index contributed by atoms with van der Waals surface area (Å²) in [4.78, 5) is 2.58. The van der Waals surface area contributed by atoms with E-state index in [0.717, 1.165) is 24.4 Å². The molecule has 0 aromatic rings. The fraction of sp³-hybridized carbons (Fsp3) is 0.818. The molecule has 0 saturated carbocycles. The minimum Gasteiger partial charge on any atom is -0.314 e. The van der Waals surface area contributed by atoms with Gasteiger partial charge in [0.25, 0.3) is 0 Å². The Morgan fingerprint density at radius 3 is 2.93 bits per heavy atom. The van der Waals surface area contributed by atoms with Gasteiger partial charge in [-0.15, -0.1) is 11.8 Å². The summed E-state index contributed by atoms with van der Waals surface area (Å²) in [5, 5.41) is 7.90. The van der Waals surface area contributed by atoms with Crippen LogP contribution in [0, 0.1) is 0 Å². The number of nitrogens with zero attached hydrogens (tertiary/aromatic N) is 1. The second-order valence-corrected chi connectivity index (χ2v) is 5.78. The molecule has 0 amide bonds. The van der Waals surface area contributed by atoms with E-state index in [1.54, 1.807) is 0 Å². The highest BCUT2D eigenvalue weighted by atomic mass is 32.2. The Balaban J connectivity index is 1.62. The fourth-order valence-corrected chi connectivity index (χ4v) is 4.14. The normalized spacial score (nSPS) is 41.7. The molecule has 84 valence electrons. The van der Waals surface area contributed by atoms with Gasteiger partial charge in [-0.1, -0.05) is 12.2 Å². The topological polar surface area (TPSA) is 27.3 Å². The highest BCUT2D eigenvalue weighted by molar-refractivity contribution is 8.00. The number of nitrogens with one attached hydrogen (secondary N) is 2. The molecule has 4 heteroatoms. The number of allylic oxidation sites excluding steroid dienone is 1. The van der Waals surface area contributed by atoms with Gasteiger partial charge in [-0.2, -0.15) is 0 Å². The molecule has 0 radical (unpaired) electrons. The zero-order chi connectivity index (χ0) is 10.1. The van der Waals surface area contributed by atoms with Crippen LogP contribution in [0.2, 0.25) is 0 Å². The van der Waals surface area contributed by atoms with Gasteiger partial charge >= 0.3 is 0 Å². The molecule has 15 heavy (non-hydrogen) atoms. The molecule has 0 bridgehead atoms. The van der Waals surface area contributed by atoms with Crippen molar-refractivity contribution in [2.75, 3.05) is 26.2 Å². The zero-order valence-electron chi connectivity index (χ0n) is 8.98. The molecule has 2 N–H and O–H groups in total. The Bertz CT molecular complexity index is 250. The van der Waals surface area contributed by atoms with E-state index < -0.39 is 0 Å². The van der Waals surface area contributed by atoms with Gasteiger partial charge in [0.15, 0.2) is 0 Å². The van der Waals surface area contributed by atoms with Gasteiger partial charge in [0, 0.05) is 37.5 Å². The monoisotopic (exact) mass is 225 g/mol. The SMILES string of the molecule is C1=CC2SC(N3CCNCC3)NC2CC1. The highest BCUT2D eigenvalue weighted by Gasteiger charge is 2.36. The Kier molecular flexibility index (Phi) is 3.01. The second-order valence-electron chi connectivity index (χ2n) is 4.52. The summed E-state index contributed by atoms with van der Waals surface area (Å²) in [7, 11) is 0. The first-order valence-corrected chi connectivity index (χ1v) is 6.91. The van der Waals surface area contributed by atoms with E-state index in [4.69, 9.17) is 0 Å². The van der Waals surface area contributed by atoms with Gasteiger partial charge < -0.3 is 5.32 Å². The fourth-order valence-electron chi connectivity index (χ4n) is 2.60. The van der Waals surface area contributed by atoms with E-state index in [1.165, 1.54) is 25.9 Å². The third kappa shape index (κ3) is 2.09. The highest BCUT2D eigenvalue weighted by Crippen LogP contribution is 2.34. The quantitative estimate of drug-likeness (QED) is 0.639. The number of thioether (sulfide) groups is 1. The van der Waals surface area contributed by atoms with Crippen molar-refractivity contribution in [3.63, 3.8) is 0 Å². The van der Waals surface area contributed by atoms with Crippen LogP contribution >= 0.6 is 11.8 Å². The molecule has 0 aromatic heterocycles. The number of hydrogen-bond donors (Lipinski definition) is 2. The van der Waals surface area contributed by atoms with Crippen LogP contribution in [0.3, 0.4) is 0 Å². The van der Waals surface area contributed by atoms with Gasteiger partial charge in [0.05, 0.1) is 0 Å². The van der Waals surface area contributed by atoms with Crippen molar-refractivity contribution in [2.45, 2.75) is 29.6 Å². The maximum absolute atomic E-state index is 3.77. The van der Waals surface area contributed by atoms with Crippen molar-refractivity contribution in [3.05, 3.63) is 12.2 Å². The Morgan fingerprint density at radius 1 is 1.27 bits per heavy atom. The minimum absolute atomic E-state index is 0.560. The van der Waals surface area contributed by atoms with E-state index in [9.17, 15) is 0 Å². The van der Waals surface area contributed by atoms with E-state index >= 15 is 0 Å². The van der Waals surface area contributed by atoms with Crippen molar-refractivity contribution in [2.24, 2.45) is 0 Å². The van der Waals surface area contributed by atoms with Crippen molar-refractivity contribution in [1.82, 2.24) is 15.5 Å². The summed E-state index contributed by atoms with van der Waals surface area (Å²) in [5.41, 5.74) is 0.560. The Hall–Kier alpha value is -0.0300. The molecule has 2 aliphatic heterocycles. The first kappa shape index (κ1) is 10.1. The number of fused-ring (bicyclic) bond motifs is 1. The zero-order valence-corrected chi connectivity index (χ0v) is 9.80. The standard InChI is InChI=1S/C11H19N3S/c1-2-4-10-9(3-1)13-11(15-10)14-7-5-12-6-8-14/h2,4,9-13H,1,3,5-8H2. The lowest BCUT2D eigenvalue weighted by Gasteiger charge is -2.32. The minimum atomic E-state index is 0.560. The van der Waals surface area contributed by atoms with Crippen LogP contribution in [0.5, 0.6) is 0 Å². The van der Waals surface area contributed by atoms with E-state index in [-0.39, 0.29) is 0 Å². The van der Waals surface area contributed by atoms with Gasteiger partial charge in [0.2, 0.25) is 0 Å². The summed E-state index contributed by atoms with van der Waals surface area (Å²) in [6.45, 7) is 4.66. The Labute approximate surface area is 95.7 Å². The third-order valence-corrected chi connectivity index (χ3v) is 4.98. The summed E-state index contributed by atoms with van der Waals surface area (Å²) in [6, 6.07) is 0.722. The lowest BCUT2D eigenvalue weighted by molar-refractivity contribution is 0.198. The average Bonchev–Trinajstić information content (AvgIpc) is 2.74. The van der Waals surface area contributed by atoms with Gasteiger partial charge in [-0.05, 0) is 12.8 Å².